The first-order valence-corrected chi connectivity index (χ1v) is 7.45. The molecule has 0 saturated carbocycles. The third-order valence-electron chi connectivity index (χ3n) is 3.11. The maximum absolute atomic E-state index is 12.4. The van der Waals surface area contributed by atoms with Crippen LogP contribution in [0.2, 0.25) is 0 Å². The summed E-state index contributed by atoms with van der Waals surface area (Å²) < 4.78 is 42.5. The number of likely N-dealkylation sites (N-methyl/N-ethyl adjacent to an activating group) is 1. The fourth-order valence-electron chi connectivity index (χ4n) is 1.87. The molecule has 5 nitrogen and oxygen atoms in total. The Hall–Kier alpha value is -1.87. The Morgan fingerprint density at radius 3 is 2.61 bits per heavy atom. The number of thiazole rings is 1. The summed E-state index contributed by atoms with van der Waals surface area (Å²) in [4.78, 5) is 17.5. The normalized spacial score (nSPS) is 13.2. The summed E-state index contributed by atoms with van der Waals surface area (Å²) in [5, 5.41) is 9.54. The number of hydrogen-bond donors (Lipinski definition) is 1. The Labute approximate surface area is 134 Å². The second-order valence-electron chi connectivity index (χ2n) is 5.09. The van der Waals surface area contributed by atoms with Crippen molar-refractivity contribution in [1.29, 1.82) is 0 Å². The number of aryl methyl sites for hydroxylation is 2. The molecule has 0 aliphatic heterocycles. The number of carbonyl (C=O) groups excluding carboxylic acids is 1. The fourth-order valence-corrected chi connectivity index (χ4v) is 2.89. The van der Waals surface area contributed by atoms with Crippen LogP contribution in [0.4, 0.5) is 13.2 Å². The van der Waals surface area contributed by atoms with Gasteiger partial charge in [-0.3, -0.25) is 4.79 Å². The largest absolute Gasteiger partial charge is 0.459 e. The van der Waals surface area contributed by atoms with Crippen LogP contribution < -0.4 is 0 Å². The minimum absolute atomic E-state index is 0.214. The van der Waals surface area contributed by atoms with Gasteiger partial charge in [-0.05, 0) is 26.0 Å². The molecular weight excluding hydrogens is 333 g/mol. The molecule has 2 aromatic heterocycles. The molecule has 0 aliphatic carbocycles. The number of furan rings is 1. The first-order chi connectivity index (χ1) is 10.6. The van der Waals surface area contributed by atoms with Crippen molar-refractivity contribution in [3.05, 3.63) is 28.5 Å². The number of aliphatic hydroxyl groups excluding tert-OH is 1. The number of hydrogen-bond acceptors (Lipinski definition) is 5. The zero-order valence-corrected chi connectivity index (χ0v) is 13.5. The molecule has 0 aliphatic rings. The van der Waals surface area contributed by atoms with Crippen LogP contribution in [0, 0.1) is 13.8 Å². The molecule has 0 radical (unpaired) electrons. The molecule has 1 amide bonds. The van der Waals surface area contributed by atoms with Crippen LogP contribution in [0.5, 0.6) is 0 Å². The van der Waals surface area contributed by atoms with Crippen molar-refractivity contribution in [3.63, 3.8) is 0 Å². The molecule has 126 valence electrons. The lowest BCUT2D eigenvalue weighted by molar-refractivity contribution is -0.205. The molecule has 2 rings (SSSR count). The maximum atomic E-state index is 12.4. The Kier molecular flexibility index (Phi) is 4.81. The first kappa shape index (κ1) is 17.5. The minimum Gasteiger partial charge on any atom is -0.459 e. The number of amides is 1. The number of nitrogens with zero attached hydrogens (tertiary/aromatic N) is 2. The van der Waals surface area contributed by atoms with Gasteiger partial charge in [0, 0.05) is 7.05 Å². The number of aromatic nitrogens is 1. The first-order valence-electron chi connectivity index (χ1n) is 6.64. The highest BCUT2D eigenvalue weighted by Crippen LogP contribution is 2.30. The molecule has 23 heavy (non-hydrogen) atoms. The van der Waals surface area contributed by atoms with E-state index in [9.17, 15) is 18.0 Å². The van der Waals surface area contributed by atoms with E-state index in [0.717, 1.165) is 16.2 Å². The summed E-state index contributed by atoms with van der Waals surface area (Å²) in [7, 11) is 1.20. The SMILES string of the molecule is Cc1ccc(-c2nc(C)c(C(=O)N(C)CC(O)C(F)(F)F)s2)o1. The molecule has 0 spiro atoms. The van der Waals surface area contributed by atoms with Crippen molar-refractivity contribution in [2.45, 2.75) is 26.1 Å². The highest BCUT2D eigenvalue weighted by Gasteiger charge is 2.39. The molecule has 1 unspecified atom stereocenters. The van der Waals surface area contributed by atoms with Crippen molar-refractivity contribution >= 4 is 17.2 Å². The second-order valence-corrected chi connectivity index (χ2v) is 6.09. The van der Waals surface area contributed by atoms with Crippen LogP contribution in [0.25, 0.3) is 10.8 Å². The van der Waals surface area contributed by atoms with Gasteiger partial charge in [-0.15, -0.1) is 11.3 Å². The molecular formula is C14H15F3N2O3S. The average Bonchev–Trinajstić information content (AvgIpc) is 3.02. The van der Waals surface area contributed by atoms with Crippen molar-refractivity contribution in [1.82, 2.24) is 9.88 Å². The molecule has 0 saturated heterocycles. The molecule has 9 heteroatoms. The van der Waals surface area contributed by atoms with E-state index in [-0.39, 0.29) is 4.88 Å². The smallest absolute Gasteiger partial charge is 0.416 e. The van der Waals surface area contributed by atoms with Crippen molar-refractivity contribution < 1.29 is 27.5 Å². The van der Waals surface area contributed by atoms with E-state index < -0.39 is 24.7 Å². The molecule has 2 aromatic rings. The van der Waals surface area contributed by atoms with Gasteiger partial charge in [0.25, 0.3) is 5.91 Å². The monoisotopic (exact) mass is 348 g/mol. The van der Waals surface area contributed by atoms with Gasteiger partial charge < -0.3 is 14.4 Å². The van der Waals surface area contributed by atoms with Gasteiger partial charge in [0.15, 0.2) is 16.9 Å². The van der Waals surface area contributed by atoms with Crippen LogP contribution in [0.1, 0.15) is 21.1 Å². The zero-order valence-electron chi connectivity index (χ0n) is 12.6. The standard InChI is InChI=1S/C14H15F3N2O3S/c1-7-4-5-9(22-7)12-18-8(2)11(23-12)13(21)19(3)6-10(20)14(15,16)17/h4-5,10,20H,6H2,1-3H3. The Bertz CT molecular complexity index is 708. The van der Waals surface area contributed by atoms with E-state index in [0.29, 0.717) is 22.2 Å². The number of alkyl halides is 3. The number of rotatable bonds is 4. The summed E-state index contributed by atoms with van der Waals surface area (Å²) in [5.74, 6) is 0.552. The summed E-state index contributed by atoms with van der Waals surface area (Å²) in [6.45, 7) is 2.52. The summed E-state index contributed by atoms with van der Waals surface area (Å²) in [5.41, 5.74) is 0.400. The summed E-state index contributed by atoms with van der Waals surface area (Å²) >= 11 is 1.04. The van der Waals surface area contributed by atoms with Gasteiger partial charge in [0.05, 0.1) is 12.2 Å². The quantitative estimate of drug-likeness (QED) is 0.922. The Balaban J connectivity index is 2.18. The van der Waals surface area contributed by atoms with Crippen molar-refractivity contribution in [3.8, 4) is 10.8 Å². The molecule has 0 bridgehead atoms. The van der Waals surface area contributed by atoms with E-state index in [2.05, 4.69) is 4.98 Å². The van der Waals surface area contributed by atoms with Crippen LogP contribution in [-0.2, 0) is 0 Å². The number of halogens is 3. The summed E-state index contributed by atoms with van der Waals surface area (Å²) in [6.07, 6.45) is -7.36. The van der Waals surface area contributed by atoms with Gasteiger partial charge in [-0.25, -0.2) is 4.98 Å². The van der Waals surface area contributed by atoms with Crippen molar-refractivity contribution in [2.24, 2.45) is 0 Å². The highest BCUT2D eigenvalue weighted by atomic mass is 32.1. The molecule has 1 atom stereocenters. The van der Waals surface area contributed by atoms with E-state index in [1.54, 1.807) is 26.0 Å². The number of carbonyl (C=O) groups is 1. The van der Waals surface area contributed by atoms with Gasteiger partial charge in [-0.1, -0.05) is 0 Å². The fraction of sp³-hybridized carbons (Fsp3) is 0.429. The van der Waals surface area contributed by atoms with Crippen LogP contribution in [0.15, 0.2) is 16.5 Å². The van der Waals surface area contributed by atoms with E-state index >= 15 is 0 Å². The van der Waals surface area contributed by atoms with Crippen LogP contribution >= 0.6 is 11.3 Å². The Morgan fingerprint density at radius 1 is 1.43 bits per heavy atom. The van der Waals surface area contributed by atoms with E-state index in [1.165, 1.54) is 7.05 Å². The molecule has 0 fully saturated rings. The predicted molar refractivity (Wildman–Crippen MR) is 78.3 cm³/mol. The molecule has 2 heterocycles. The van der Waals surface area contributed by atoms with Gasteiger partial charge in [0.1, 0.15) is 10.6 Å². The predicted octanol–water partition coefficient (Wildman–Crippen LogP) is 3.02. The minimum atomic E-state index is -4.77. The van der Waals surface area contributed by atoms with Gasteiger partial charge in [-0.2, -0.15) is 13.2 Å². The Morgan fingerprint density at radius 2 is 2.09 bits per heavy atom. The second kappa shape index (κ2) is 6.32. The highest BCUT2D eigenvalue weighted by molar-refractivity contribution is 7.17. The molecule has 0 aromatic carbocycles. The topological polar surface area (TPSA) is 66.6 Å². The zero-order chi connectivity index (χ0) is 17.4. The maximum Gasteiger partial charge on any atom is 0.416 e. The third-order valence-corrected chi connectivity index (χ3v) is 4.27. The lowest BCUT2D eigenvalue weighted by atomic mass is 10.3. The average molecular weight is 348 g/mol. The van der Waals surface area contributed by atoms with E-state index in [1.807, 2.05) is 0 Å². The summed E-state index contributed by atoms with van der Waals surface area (Å²) in [6, 6.07) is 3.46. The molecule has 1 N–H and O–H groups in total. The van der Waals surface area contributed by atoms with Gasteiger partial charge in [0.2, 0.25) is 0 Å². The van der Waals surface area contributed by atoms with Crippen LogP contribution in [-0.4, -0.2) is 46.8 Å². The van der Waals surface area contributed by atoms with Crippen molar-refractivity contribution in [2.75, 3.05) is 13.6 Å². The third kappa shape index (κ3) is 3.91. The lowest BCUT2D eigenvalue weighted by Gasteiger charge is -2.22. The van der Waals surface area contributed by atoms with E-state index in [4.69, 9.17) is 9.52 Å². The van der Waals surface area contributed by atoms with Crippen LogP contribution in [0.3, 0.4) is 0 Å². The van der Waals surface area contributed by atoms with Gasteiger partial charge >= 0.3 is 6.18 Å². The number of aliphatic hydroxyl groups is 1. The lowest BCUT2D eigenvalue weighted by Crippen LogP contribution is -2.41.